The molecule has 4 nitrogen and oxygen atoms in total. The Labute approximate surface area is 124 Å². The van der Waals surface area contributed by atoms with E-state index in [0.29, 0.717) is 0 Å². The van der Waals surface area contributed by atoms with Crippen LogP contribution in [-0.4, -0.2) is 35.1 Å². The fraction of sp³-hybridized carbons (Fsp3) is 0.462. The molecular weight excluding hydrogens is 305 g/mol. The zero-order valence-electron chi connectivity index (χ0n) is 11.0. The molecule has 0 radical (unpaired) electrons. The summed E-state index contributed by atoms with van der Waals surface area (Å²) in [6.45, 7) is 0.803. The Balaban J connectivity index is 2.02. The Bertz CT molecular complexity index is 517. The molecule has 8 heteroatoms. The van der Waals surface area contributed by atoms with Crippen LogP contribution in [0.5, 0.6) is 5.75 Å². The third-order valence-electron chi connectivity index (χ3n) is 3.03. The van der Waals surface area contributed by atoms with E-state index in [4.69, 9.17) is 0 Å². The van der Waals surface area contributed by atoms with Gasteiger partial charge < -0.3 is 15.7 Å². The first kappa shape index (κ1) is 16.0. The van der Waals surface area contributed by atoms with Crippen molar-refractivity contribution in [3.63, 3.8) is 0 Å². The second-order valence-electron chi connectivity index (χ2n) is 4.71. The highest BCUT2D eigenvalue weighted by Crippen LogP contribution is 2.34. The van der Waals surface area contributed by atoms with Crippen molar-refractivity contribution < 1.29 is 23.1 Å². The third-order valence-corrected chi connectivity index (χ3v) is 4.16. The first-order chi connectivity index (χ1) is 9.86. The van der Waals surface area contributed by atoms with Crippen molar-refractivity contribution in [2.75, 3.05) is 23.4 Å². The molecule has 1 amide bonds. The number of alkyl halides is 3. The molecule has 3 N–H and O–H groups in total. The Hall–Kier alpha value is -1.41. The van der Waals surface area contributed by atoms with Crippen molar-refractivity contribution in [3.8, 4) is 5.75 Å². The standard InChI is InChI=1S/C13H15F3N2O2S/c14-13(15,16)8-1-2-11(19)10(5-8)18-12(20)6-9-7-21-4-3-17-9/h1-2,5,9,17,19H,3-4,6-7H2,(H,18,20). The average Bonchev–Trinajstić information content (AvgIpc) is 2.41. The van der Waals surface area contributed by atoms with Crippen molar-refractivity contribution in [3.05, 3.63) is 23.8 Å². The molecular formula is C13H15F3N2O2S. The minimum Gasteiger partial charge on any atom is -0.506 e. The lowest BCUT2D eigenvalue weighted by molar-refractivity contribution is -0.137. The molecule has 1 aliphatic rings. The highest BCUT2D eigenvalue weighted by atomic mass is 32.2. The lowest BCUT2D eigenvalue weighted by atomic mass is 10.1. The maximum atomic E-state index is 12.6. The van der Waals surface area contributed by atoms with Crippen LogP contribution in [-0.2, 0) is 11.0 Å². The zero-order valence-corrected chi connectivity index (χ0v) is 11.9. The fourth-order valence-electron chi connectivity index (χ4n) is 1.99. The molecule has 0 saturated carbocycles. The molecule has 1 fully saturated rings. The molecule has 1 heterocycles. The first-order valence-corrected chi connectivity index (χ1v) is 7.53. The van der Waals surface area contributed by atoms with Crippen molar-refractivity contribution in [1.29, 1.82) is 0 Å². The van der Waals surface area contributed by atoms with Crippen LogP contribution in [0.3, 0.4) is 0 Å². The van der Waals surface area contributed by atoms with Gasteiger partial charge in [0.05, 0.1) is 11.3 Å². The van der Waals surface area contributed by atoms with E-state index in [0.717, 1.165) is 36.2 Å². The van der Waals surface area contributed by atoms with Crippen LogP contribution in [0.1, 0.15) is 12.0 Å². The number of carbonyl (C=O) groups is 1. The zero-order chi connectivity index (χ0) is 15.5. The van der Waals surface area contributed by atoms with Gasteiger partial charge in [-0.05, 0) is 18.2 Å². The maximum Gasteiger partial charge on any atom is 0.416 e. The Morgan fingerprint density at radius 3 is 2.86 bits per heavy atom. The predicted molar refractivity (Wildman–Crippen MR) is 75.5 cm³/mol. The number of nitrogens with one attached hydrogen (secondary N) is 2. The number of rotatable bonds is 3. The average molecular weight is 320 g/mol. The van der Waals surface area contributed by atoms with E-state index in [1.165, 1.54) is 0 Å². The van der Waals surface area contributed by atoms with Crippen LogP contribution in [0.25, 0.3) is 0 Å². The van der Waals surface area contributed by atoms with Gasteiger partial charge in [0.2, 0.25) is 5.91 Å². The van der Waals surface area contributed by atoms with Gasteiger partial charge in [0.1, 0.15) is 5.75 Å². The van der Waals surface area contributed by atoms with E-state index in [1.54, 1.807) is 11.8 Å². The quantitative estimate of drug-likeness (QED) is 0.749. The van der Waals surface area contributed by atoms with Gasteiger partial charge in [-0.1, -0.05) is 0 Å². The van der Waals surface area contributed by atoms with Crippen molar-refractivity contribution in [2.45, 2.75) is 18.6 Å². The van der Waals surface area contributed by atoms with Gasteiger partial charge in [-0.25, -0.2) is 0 Å². The summed E-state index contributed by atoms with van der Waals surface area (Å²) >= 11 is 1.72. The number of hydrogen-bond donors (Lipinski definition) is 3. The lowest BCUT2D eigenvalue weighted by Gasteiger charge is -2.22. The van der Waals surface area contributed by atoms with Gasteiger partial charge in [0.25, 0.3) is 0 Å². The SMILES string of the molecule is O=C(CC1CSCCN1)Nc1cc(C(F)(F)F)ccc1O. The minimum absolute atomic E-state index is 0.00306. The van der Waals surface area contributed by atoms with Gasteiger partial charge in [-0.3, -0.25) is 4.79 Å². The van der Waals surface area contributed by atoms with Gasteiger partial charge in [-0.2, -0.15) is 24.9 Å². The summed E-state index contributed by atoms with van der Waals surface area (Å²) in [5.41, 5.74) is -1.14. The number of aromatic hydroxyl groups is 1. The normalized spacial score (nSPS) is 19.3. The molecule has 21 heavy (non-hydrogen) atoms. The van der Waals surface area contributed by atoms with Gasteiger partial charge in [0, 0.05) is 30.5 Å². The Kier molecular flexibility index (Phi) is 5.00. The number of benzene rings is 1. The number of hydrogen-bond acceptors (Lipinski definition) is 4. The van der Waals surface area contributed by atoms with Crippen LogP contribution in [0.4, 0.5) is 18.9 Å². The number of halogens is 3. The number of thioether (sulfide) groups is 1. The van der Waals surface area contributed by atoms with E-state index in [-0.39, 0.29) is 23.9 Å². The molecule has 0 bridgehead atoms. The molecule has 0 aromatic heterocycles. The maximum absolute atomic E-state index is 12.6. The molecule has 1 aromatic carbocycles. The van der Waals surface area contributed by atoms with E-state index in [2.05, 4.69) is 10.6 Å². The first-order valence-electron chi connectivity index (χ1n) is 6.37. The topological polar surface area (TPSA) is 61.4 Å². The Morgan fingerprint density at radius 2 is 2.24 bits per heavy atom. The number of amides is 1. The number of phenols is 1. The van der Waals surface area contributed by atoms with Crippen LogP contribution < -0.4 is 10.6 Å². The summed E-state index contributed by atoms with van der Waals surface area (Å²) in [6.07, 6.45) is -4.36. The second kappa shape index (κ2) is 6.57. The molecule has 1 saturated heterocycles. The van der Waals surface area contributed by atoms with Crippen LogP contribution in [0, 0.1) is 0 Å². The number of carbonyl (C=O) groups excluding carboxylic acids is 1. The van der Waals surface area contributed by atoms with Crippen molar-refractivity contribution in [1.82, 2.24) is 5.32 Å². The highest BCUT2D eigenvalue weighted by Gasteiger charge is 2.31. The van der Waals surface area contributed by atoms with E-state index < -0.39 is 17.6 Å². The van der Waals surface area contributed by atoms with Crippen LogP contribution in [0.2, 0.25) is 0 Å². The molecule has 2 rings (SSSR count). The fourth-order valence-corrected chi connectivity index (χ4v) is 2.94. The molecule has 1 atom stereocenters. The number of phenolic OH excluding ortho intramolecular Hbond substituents is 1. The highest BCUT2D eigenvalue weighted by molar-refractivity contribution is 7.99. The molecule has 116 valence electrons. The monoisotopic (exact) mass is 320 g/mol. The number of anilines is 1. The summed E-state index contributed by atoms with van der Waals surface area (Å²) < 4.78 is 37.8. The van der Waals surface area contributed by atoms with Crippen molar-refractivity contribution >= 4 is 23.4 Å². The van der Waals surface area contributed by atoms with Gasteiger partial charge >= 0.3 is 6.18 Å². The largest absolute Gasteiger partial charge is 0.506 e. The van der Waals surface area contributed by atoms with Crippen LogP contribution in [0.15, 0.2) is 18.2 Å². The summed E-state index contributed by atoms with van der Waals surface area (Å²) in [6, 6.07) is 2.42. The summed E-state index contributed by atoms with van der Waals surface area (Å²) in [7, 11) is 0. The van der Waals surface area contributed by atoms with Gasteiger partial charge in [0.15, 0.2) is 0 Å². The molecule has 0 aliphatic carbocycles. The third kappa shape index (κ3) is 4.53. The smallest absolute Gasteiger partial charge is 0.416 e. The van der Waals surface area contributed by atoms with E-state index in [9.17, 15) is 23.1 Å². The molecule has 1 aromatic rings. The molecule has 1 unspecified atom stereocenters. The van der Waals surface area contributed by atoms with E-state index in [1.807, 2.05) is 0 Å². The molecule has 0 spiro atoms. The summed E-state index contributed by atoms with van der Waals surface area (Å²) in [5.74, 6) is 0.945. The summed E-state index contributed by atoms with van der Waals surface area (Å²) in [5, 5.41) is 15.0. The van der Waals surface area contributed by atoms with Gasteiger partial charge in [-0.15, -0.1) is 0 Å². The Morgan fingerprint density at radius 1 is 1.48 bits per heavy atom. The minimum atomic E-state index is -4.52. The van der Waals surface area contributed by atoms with Crippen LogP contribution >= 0.6 is 11.8 Å². The van der Waals surface area contributed by atoms with E-state index >= 15 is 0 Å². The van der Waals surface area contributed by atoms with Crippen molar-refractivity contribution in [2.24, 2.45) is 0 Å². The summed E-state index contributed by atoms with van der Waals surface area (Å²) in [4.78, 5) is 11.8. The second-order valence-corrected chi connectivity index (χ2v) is 5.86. The lowest BCUT2D eigenvalue weighted by Crippen LogP contribution is -2.39. The predicted octanol–water partition coefficient (Wildman–Crippen LogP) is 2.44. The molecule has 1 aliphatic heterocycles.